The van der Waals surface area contributed by atoms with Crippen LogP contribution in [0.2, 0.25) is 0 Å². The molecular formula is C23H22ClN5O3. The molecule has 4 aromatic rings. The number of halogens is 1. The monoisotopic (exact) mass is 451 g/mol. The molecule has 3 aromatic heterocycles. The first-order chi connectivity index (χ1) is 15.2. The van der Waals surface area contributed by atoms with Gasteiger partial charge in [-0.05, 0) is 49.4 Å². The fourth-order valence-electron chi connectivity index (χ4n) is 4.07. The summed E-state index contributed by atoms with van der Waals surface area (Å²) in [6.07, 6.45) is 4.30. The maximum Gasteiger partial charge on any atom is 0.337 e. The van der Waals surface area contributed by atoms with Gasteiger partial charge < -0.3 is 10.1 Å². The number of carbonyl (C=O) groups excluding carboxylic acids is 1. The Hall–Kier alpha value is -3.49. The van der Waals surface area contributed by atoms with E-state index in [1.54, 1.807) is 33.7 Å². The highest BCUT2D eigenvalue weighted by Gasteiger charge is 2.24. The Morgan fingerprint density at radius 1 is 1.12 bits per heavy atom. The molecule has 1 fully saturated rings. The molecule has 0 spiro atoms. The fourth-order valence-corrected chi connectivity index (χ4v) is 4.07. The van der Waals surface area contributed by atoms with Crippen LogP contribution in [0.4, 0.5) is 0 Å². The first-order valence-corrected chi connectivity index (χ1v) is 10.1. The minimum atomic E-state index is -0.378. The average Bonchev–Trinajstić information content (AvgIpc) is 3.44. The van der Waals surface area contributed by atoms with E-state index in [1.165, 1.54) is 7.11 Å². The largest absolute Gasteiger partial charge is 0.465 e. The van der Waals surface area contributed by atoms with Crippen LogP contribution in [-0.2, 0) is 4.74 Å². The van der Waals surface area contributed by atoms with E-state index in [0.29, 0.717) is 16.9 Å². The minimum absolute atomic E-state index is 0. The van der Waals surface area contributed by atoms with Gasteiger partial charge in [0.25, 0.3) is 0 Å². The molecule has 0 bridgehead atoms. The number of imidazole rings is 1. The van der Waals surface area contributed by atoms with E-state index in [2.05, 4.69) is 15.3 Å². The third kappa shape index (κ3) is 3.68. The van der Waals surface area contributed by atoms with Gasteiger partial charge in [0.2, 0.25) is 0 Å². The van der Waals surface area contributed by atoms with Gasteiger partial charge in [0.1, 0.15) is 0 Å². The van der Waals surface area contributed by atoms with Gasteiger partial charge in [0, 0.05) is 18.3 Å². The van der Waals surface area contributed by atoms with Gasteiger partial charge >= 0.3 is 11.7 Å². The molecule has 164 valence electrons. The van der Waals surface area contributed by atoms with Crippen molar-refractivity contribution in [3.05, 3.63) is 77.0 Å². The molecular weight excluding hydrogens is 430 g/mol. The lowest BCUT2D eigenvalue weighted by atomic mass is 10.1. The summed E-state index contributed by atoms with van der Waals surface area (Å²) in [5.41, 5.74) is 4.11. The summed E-state index contributed by atoms with van der Waals surface area (Å²) >= 11 is 0. The second-order valence-electron chi connectivity index (χ2n) is 7.45. The van der Waals surface area contributed by atoms with E-state index in [0.717, 1.165) is 36.3 Å². The number of nitrogens with zero attached hydrogens (tertiary/aromatic N) is 4. The number of methoxy groups -OCH3 is 1. The van der Waals surface area contributed by atoms with Crippen molar-refractivity contribution in [2.24, 2.45) is 0 Å². The third-order valence-electron chi connectivity index (χ3n) is 5.64. The van der Waals surface area contributed by atoms with Gasteiger partial charge in [-0.1, -0.05) is 12.1 Å². The molecule has 9 heteroatoms. The second-order valence-corrected chi connectivity index (χ2v) is 7.45. The number of fused-ring (bicyclic) bond motifs is 1. The number of hydrogen-bond acceptors (Lipinski definition) is 6. The van der Waals surface area contributed by atoms with Crippen LogP contribution in [-0.4, -0.2) is 45.3 Å². The average molecular weight is 452 g/mol. The fraction of sp³-hybridized carbons (Fsp3) is 0.217. The summed E-state index contributed by atoms with van der Waals surface area (Å²) in [6, 6.07) is 14.6. The number of ether oxygens (including phenoxy) is 1. The topological polar surface area (TPSA) is 91.0 Å². The predicted octanol–water partition coefficient (Wildman–Crippen LogP) is 2.99. The lowest BCUT2D eigenvalue weighted by Gasteiger charge is -2.09. The van der Waals surface area contributed by atoms with Gasteiger partial charge in [-0.25, -0.2) is 14.6 Å². The third-order valence-corrected chi connectivity index (χ3v) is 5.64. The Bertz CT molecular complexity index is 1310. The highest BCUT2D eigenvalue weighted by atomic mass is 35.5. The molecule has 32 heavy (non-hydrogen) atoms. The number of esters is 1. The van der Waals surface area contributed by atoms with Crippen molar-refractivity contribution in [1.82, 2.24) is 24.4 Å². The van der Waals surface area contributed by atoms with Crippen LogP contribution < -0.4 is 11.0 Å². The summed E-state index contributed by atoms with van der Waals surface area (Å²) in [5, 5.41) is 3.31. The highest BCUT2D eigenvalue weighted by molar-refractivity contribution is 5.89. The van der Waals surface area contributed by atoms with Crippen LogP contribution in [0.5, 0.6) is 0 Å². The summed E-state index contributed by atoms with van der Waals surface area (Å²) in [5.74, 6) is -0.378. The Morgan fingerprint density at radius 2 is 1.94 bits per heavy atom. The lowest BCUT2D eigenvalue weighted by molar-refractivity contribution is 0.0601. The van der Waals surface area contributed by atoms with E-state index in [-0.39, 0.29) is 30.1 Å². The Balaban J connectivity index is 0.00000245. The maximum atomic E-state index is 13.3. The van der Waals surface area contributed by atoms with Crippen molar-refractivity contribution in [3.63, 3.8) is 0 Å². The van der Waals surface area contributed by atoms with Gasteiger partial charge in [-0.3, -0.25) is 14.1 Å². The zero-order valence-corrected chi connectivity index (χ0v) is 18.2. The van der Waals surface area contributed by atoms with Crippen LogP contribution in [0.25, 0.3) is 28.1 Å². The minimum Gasteiger partial charge on any atom is -0.465 e. The van der Waals surface area contributed by atoms with Crippen LogP contribution in [0, 0.1) is 0 Å². The Morgan fingerprint density at radius 3 is 2.59 bits per heavy atom. The van der Waals surface area contributed by atoms with Crippen molar-refractivity contribution >= 4 is 29.5 Å². The van der Waals surface area contributed by atoms with E-state index in [4.69, 9.17) is 4.74 Å². The quantitative estimate of drug-likeness (QED) is 0.480. The van der Waals surface area contributed by atoms with Crippen LogP contribution >= 0.6 is 12.4 Å². The number of aromatic nitrogens is 4. The maximum absolute atomic E-state index is 13.3. The van der Waals surface area contributed by atoms with Crippen molar-refractivity contribution < 1.29 is 9.53 Å². The van der Waals surface area contributed by atoms with Crippen molar-refractivity contribution in [3.8, 4) is 16.9 Å². The van der Waals surface area contributed by atoms with Crippen molar-refractivity contribution in [2.75, 3.05) is 20.2 Å². The highest BCUT2D eigenvalue weighted by Crippen LogP contribution is 2.23. The van der Waals surface area contributed by atoms with Gasteiger partial charge in [0.15, 0.2) is 5.65 Å². The molecule has 1 atom stereocenters. The zero-order chi connectivity index (χ0) is 21.4. The van der Waals surface area contributed by atoms with Gasteiger partial charge in [-0.2, -0.15) is 0 Å². The van der Waals surface area contributed by atoms with E-state index in [1.807, 2.05) is 36.4 Å². The molecule has 0 saturated carbocycles. The molecule has 4 heterocycles. The molecule has 1 aliphatic heterocycles. The van der Waals surface area contributed by atoms with Crippen LogP contribution in [0.3, 0.4) is 0 Å². The first kappa shape index (κ1) is 21.7. The van der Waals surface area contributed by atoms with E-state index >= 15 is 0 Å². The molecule has 1 aliphatic rings. The molecule has 0 aliphatic carbocycles. The predicted molar refractivity (Wildman–Crippen MR) is 124 cm³/mol. The summed E-state index contributed by atoms with van der Waals surface area (Å²) in [6.45, 7) is 1.65. The molecule has 1 aromatic carbocycles. The summed E-state index contributed by atoms with van der Waals surface area (Å²) in [7, 11) is 1.36. The molecule has 1 saturated heterocycles. The number of carbonyl (C=O) groups is 1. The standard InChI is InChI=1S/C23H21N5O3.ClH/c1-31-22(29)16-6-4-15(5-7-16)19-9-8-17(14-26-19)27-20-3-2-11-25-21(20)28(23(27)30)18-10-12-24-13-18;/h2-9,11,14,18,24H,10,12-13H2,1H3;1H/t18-;/m1./s1. The molecule has 1 N–H and O–H groups in total. The number of hydrogen-bond donors (Lipinski definition) is 1. The van der Waals surface area contributed by atoms with Gasteiger partial charge in [0.05, 0.1) is 41.8 Å². The first-order valence-electron chi connectivity index (χ1n) is 10.1. The zero-order valence-electron chi connectivity index (χ0n) is 17.4. The second kappa shape index (κ2) is 8.94. The Kier molecular flexibility index (Phi) is 6.07. The summed E-state index contributed by atoms with van der Waals surface area (Å²) in [4.78, 5) is 34.0. The SMILES string of the molecule is COC(=O)c1ccc(-c2ccc(-n3c(=O)n([C@@H]4CCNC4)c4ncccc43)cn2)cc1.Cl. The lowest BCUT2D eigenvalue weighted by Crippen LogP contribution is -2.28. The van der Waals surface area contributed by atoms with Crippen molar-refractivity contribution in [2.45, 2.75) is 12.5 Å². The van der Waals surface area contributed by atoms with Crippen molar-refractivity contribution in [1.29, 1.82) is 0 Å². The number of rotatable bonds is 4. The van der Waals surface area contributed by atoms with Crippen LogP contribution in [0.1, 0.15) is 22.8 Å². The summed E-state index contributed by atoms with van der Waals surface area (Å²) < 4.78 is 8.18. The molecule has 0 amide bonds. The smallest absolute Gasteiger partial charge is 0.337 e. The van der Waals surface area contributed by atoms with E-state index < -0.39 is 0 Å². The van der Waals surface area contributed by atoms with Gasteiger partial charge in [-0.15, -0.1) is 12.4 Å². The van der Waals surface area contributed by atoms with E-state index in [9.17, 15) is 9.59 Å². The Labute approximate surface area is 190 Å². The molecule has 5 rings (SSSR count). The molecule has 8 nitrogen and oxygen atoms in total. The number of benzene rings is 1. The normalized spacial score (nSPS) is 15.5. The molecule has 0 radical (unpaired) electrons. The number of pyridine rings is 2. The number of nitrogens with one attached hydrogen (secondary N) is 1. The van der Waals surface area contributed by atoms with Crippen LogP contribution in [0.15, 0.2) is 65.7 Å². The molecule has 0 unspecified atom stereocenters.